The Morgan fingerprint density at radius 1 is 1.03 bits per heavy atom. The molecule has 1 aliphatic rings. The molecule has 0 aliphatic carbocycles. The van der Waals surface area contributed by atoms with Gasteiger partial charge in [0.05, 0.1) is 21.7 Å². The van der Waals surface area contributed by atoms with Crippen LogP contribution < -0.4 is 14.4 Å². The number of anilines is 1. The summed E-state index contributed by atoms with van der Waals surface area (Å²) in [7, 11) is 0. The monoisotopic (exact) mass is 627 g/mol. The second kappa shape index (κ2) is 11.5. The first-order valence-electron chi connectivity index (χ1n) is 10.3. The van der Waals surface area contributed by atoms with E-state index in [4.69, 9.17) is 56.5 Å². The number of rotatable bonds is 7. The van der Waals surface area contributed by atoms with E-state index in [0.717, 1.165) is 11.1 Å². The highest BCUT2D eigenvalue weighted by atomic mass is 79.9. The zero-order valence-corrected chi connectivity index (χ0v) is 23.7. The maximum Gasteiger partial charge on any atom is 0.270 e. The molecule has 0 radical (unpaired) electrons. The molecule has 3 aromatic rings. The summed E-state index contributed by atoms with van der Waals surface area (Å²) in [4.78, 5) is 15.1. The van der Waals surface area contributed by atoms with Crippen LogP contribution in [-0.2, 0) is 11.4 Å². The molecule has 0 aromatic heterocycles. The third kappa shape index (κ3) is 6.16. The molecule has 0 atom stereocenters. The van der Waals surface area contributed by atoms with Crippen molar-refractivity contribution in [3.05, 3.63) is 90.2 Å². The number of amides is 1. The van der Waals surface area contributed by atoms with E-state index in [9.17, 15) is 4.79 Å². The van der Waals surface area contributed by atoms with Gasteiger partial charge in [-0.25, -0.2) is 0 Å². The third-order valence-corrected chi connectivity index (χ3v) is 7.63. The Labute approximate surface area is 236 Å². The number of hydrogen-bond donors (Lipinski definition) is 0. The number of carbonyl (C=O) groups excluding carboxylic acids is 1. The summed E-state index contributed by atoms with van der Waals surface area (Å²) >= 11 is 28.5. The number of nitrogens with zero attached hydrogens (tertiary/aromatic N) is 1. The molecule has 180 valence electrons. The van der Waals surface area contributed by atoms with Crippen molar-refractivity contribution in [2.45, 2.75) is 13.5 Å². The third-order valence-electron chi connectivity index (χ3n) is 4.90. The number of benzene rings is 3. The van der Waals surface area contributed by atoms with Gasteiger partial charge in [-0.15, -0.1) is 0 Å². The lowest BCUT2D eigenvalue weighted by Gasteiger charge is -2.16. The standard InChI is InChI=1S/C25H17BrCl3NO3S2/c1-2-32-21-10-14(9-19(26)23(21)33-13-15-3-4-17(28)12-20(15)29)11-22-24(31)30(25(34)35-22)18-7-5-16(27)6-8-18/h3-12H,2,13H2,1H3/b22-11+. The molecule has 0 spiro atoms. The zero-order chi connectivity index (χ0) is 25.1. The second-order valence-electron chi connectivity index (χ2n) is 7.28. The molecule has 0 unspecified atom stereocenters. The summed E-state index contributed by atoms with van der Waals surface area (Å²) in [6.45, 7) is 2.55. The van der Waals surface area contributed by atoms with Crippen LogP contribution in [0.2, 0.25) is 15.1 Å². The zero-order valence-electron chi connectivity index (χ0n) is 18.2. The molecule has 1 amide bonds. The smallest absolute Gasteiger partial charge is 0.270 e. The van der Waals surface area contributed by atoms with E-state index < -0.39 is 0 Å². The highest BCUT2D eigenvalue weighted by Crippen LogP contribution is 2.41. The van der Waals surface area contributed by atoms with Gasteiger partial charge in [-0.05, 0) is 83.0 Å². The fourth-order valence-corrected chi connectivity index (χ4v) is 5.76. The van der Waals surface area contributed by atoms with Gasteiger partial charge < -0.3 is 9.47 Å². The largest absolute Gasteiger partial charge is 0.490 e. The lowest BCUT2D eigenvalue weighted by atomic mass is 10.1. The van der Waals surface area contributed by atoms with Gasteiger partial charge in [-0.2, -0.15) is 0 Å². The predicted molar refractivity (Wildman–Crippen MR) is 153 cm³/mol. The molecule has 0 bridgehead atoms. The molecule has 1 aliphatic heterocycles. The molecule has 1 fully saturated rings. The molecule has 1 heterocycles. The first-order valence-corrected chi connectivity index (χ1v) is 13.5. The molecule has 10 heteroatoms. The highest BCUT2D eigenvalue weighted by molar-refractivity contribution is 9.10. The summed E-state index contributed by atoms with van der Waals surface area (Å²) in [6, 6.07) is 15.9. The van der Waals surface area contributed by atoms with E-state index >= 15 is 0 Å². The van der Waals surface area contributed by atoms with Crippen LogP contribution in [0.4, 0.5) is 5.69 Å². The fraction of sp³-hybridized carbons (Fsp3) is 0.120. The number of halogens is 4. The second-order valence-corrected chi connectivity index (χ2v) is 11.1. The molecule has 35 heavy (non-hydrogen) atoms. The summed E-state index contributed by atoms with van der Waals surface area (Å²) in [5.74, 6) is 0.865. The maximum absolute atomic E-state index is 13.1. The summed E-state index contributed by atoms with van der Waals surface area (Å²) in [6.07, 6.45) is 1.78. The SMILES string of the molecule is CCOc1cc(/C=C2/SC(=S)N(c3ccc(Cl)cc3)C2=O)cc(Br)c1OCc1ccc(Cl)cc1Cl. The Morgan fingerprint density at radius 2 is 1.74 bits per heavy atom. The number of ether oxygens (including phenoxy) is 2. The van der Waals surface area contributed by atoms with Gasteiger partial charge in [-0.3, -0.25) is 9.69 Å². The average Bonchev–Trinajstić information content (AvgIpc) is 3.08. The molecule has 4 rings (SSSR count). The van der Waals surface area contributed by atoms with Gasteiger partial charge in [0.15, 0.2) is 15.8 Å². The van der Waals surface area contributed by atoms with Gasteiger partial charge in [0.25, 0.3) is 5.91 Å². The molecule has 0 saturated carbocycles. The fourth-order valence-electron chi connectivity index (χ4n) is 3.29. The van der Waals surface area contributed by atoms with Crippen LogP contribution in [0.25, 0.3) is 6.08 Å². The Bertz CT molecular complexity index is 1330. The van der Waals surface area contributed by atoms with Crippen molar-refractivity contribution in [1.82, 2.24) is 0 Å². The number of thiocarbonyl (C=S) groups is 1. The summed E-state index contributed by atoms with van der Waals surface area (Å²) < 4.78 is 13.0. The van der Waals surface area contributed by atoms with Crippen LogP contribution >= 0.6 is 74.7 Å². The van der Waals surface area contributed by atoms with Crippen LogP contribution in [0.1, 0.15) is 18.1 Å². The average molecular weight is 630 g/mol. The Morgan fingerprint density at radius 3 is 2.43 bits per heavy atom. The number of carbonyl (C=O) groups is 1. The van der Waals surface area contributed by atoms with E-state index in [1.54, 1.807) is 42.5 Å². The summed E-state index contributed by atoms with van der Waals surface area (Å²) in [5, 5.41) is 1.66. The van der Waals surface area contributed by atoms with Crippen LogP contribution in [0.3, 0.4) is 0 Å². The Hall–Kier alpha value is -1.74. The molecular weight excluding hydrogens is 613 g/mol. The van der Waals surface area contributed by atoms with E-state index in [0.29, 0.717) is 52.6 Å². The van der Waals surface area contributed by atoms with E-state index in [-0.39, 0.29) is 12.5 Å². The minimum atomic E-state index is -0.200. The normalized spacial score (nSPS) is 14.7. The van der Waals surface area contributed by atoms with Crippen LogP contribution in [-0.4, -0.2) is 16.8 Å². The number of thioether (sulfide) groups is 1. The molecular formula is C25H17BrCl3NO3S2. The predicted octanol–water partition coefficient (Wildman–Crippen LogP) is 8.79. The minimum Gasteiger partial charge on any atom is -0.490 e. The van der Waals surface area contributed by atoms with Crippen LogP contribution in [0.15, 0.2) is 64.0 Å². The van der Waals surface area contributed by atoms with Crippen molar-refractivity contribution in [1.29, 1.82) is 0 Å². The van der Waals surface area contributed by atoms with Gasteiger partial charge in [-0.1, -0.05) is 64.8 Å². The van der Waals surface area contributed by atoms with Gasteiger partial charge >= 0.3 is 0 Å². The quantitative estimate of drug-likeness (QED) is 0.193. The van der Waals surface area contributed by atoms with Crippen molar-refractivity contribution >= 4 is 96.7 Å². The summed E-state index contributed by atoms with van der Waals surface area (Å²) in [5.41, 5.74) is 2.22. The van der Waals surface area contributed by atoms with E-state index in [1.165, 1.54) is 16.7 Å². The van der Waals surface area contributed by atoms with Gasteiger partial charge in [0.2, 0.25) is 0 Å². The first kappa shape index (κ1) is 26.3. The van der Waals surface area contributed by atoms with Crippen molar-refractivity contribution < 1.29 is 14.3 Å². The van der Waals surface area contributed by atoms with Gasteiger partial charge in [0.1, 0.15) is 6.61 Å². The first-order chi connectivity index (χ1) is 16.8. The molecule has 0 N–H and O–H groups in total. The maximum atomic E-state index is 13.1. The topological polar surface area (TPSA) is 38.8 Å². The van der Waals surface area contributed by atoms with Crippen molar-refractivity contribution in [3.8, 4) is 11.5 Å². The number of hydrogen-bond acceptors (Lipinski definition) is 5. The van der Waals surface area contributed by atoms with Crippen molar-refractivity contribution in [2.24, 2.45) is 0 Å². The minimum absolute atomic E-state index is 0.200. The van der Waals surface area contributed by atoms with E-state index in [2.05, 4.69) is 15.9 Å². The Kier molecular flexibility index (Phi) is 8.68. The molecule has 3 aromatic carbocycles. The van der Waals surface area contributed by atoms with Crippen LogP contribution in [0, 0.1) is 0 Å². The highest BCUT2D eigenvalue weighted by Gasteiger charge is 2.33. The lowest BCUT2D eigenvalue weighted by Crippen LogP contribution is -2.27. The van der Waals surface area contributed by atoms with Crippen molar-refractivity contribution in [3.63, 3.8) is 0 Å². The Balaban J connectivity index is 1.60. The van der Waals surface area contributed by atoms with E-state index in [1.807, 2.05) is 25.1 Å². The van der Waals surface area contributed by atoms with Gasteiger partial charge in [0, 0.05) is 20.6 Å². The lowest BCUT2D eigenvalue weighted by molar-refractivity contribution is -0.113. The molecule has 1 saturated heterocycles. The van der Waals surface area contributed by atoms with Crippen LogP contribution in [0.5, 0.6) is 11.5 Å². The molecule has 4 nitrogen and oxygen atoms in total. The van der Waals surface area contributed by atoms with Crippen molar-refractivity contribution in [2.75, 3.05) is 11.5 Å².